The molecular formula is C23H27N7. The summed E-state index contributed by atoms with van der Waals surface area (Å²) in [7, 11) is 0. The summed E-state index contributed by atoms with van der Waals surface area (Å²) in [6, 6.07) is 18.8. The topological polar surface area (TPSA) is 137 Å². The Balaban J connectivity index is 1.76. The second-order valence-electron chi connectivity index (χ2n) is 7.04. The number of hydrogen-bond donors (Lipinski definition) is 6. The Bertz CT molecular complexity index is 951. The van der Waals surface area contributed by atoms with E-state index in [9.17, 15) is 0 Å². The Hall–Kier alpha value is -3.87. The summed E-state index contributed by atoms with van der Waals surface area (Å²) >= 11 is 0. The molecule has 30 heavy (non-hydrogen) atoms. The van der Waals surface area contributed by atoms with Crippen LogP contribution in [0, 0.1) is 10.8 Å². The van der Waals surface area contributed by atoms with E-state index in [0.717, 1.165) is 35.1 Å². The predicted molar refractivity (Wildman–Crippen MR) is 122 cm³/mol. The summed E-state index contributed by atoms with van der Waals surface area (Å²) in [5.74, 6) is -0.0234. The number of pyridine rings is 1. The van der Waals surface area contributed by atoms with E-state index in [-0.39, 0.29) is 11.9 Å². The van der Waals surface area contributed by atoms with E-state index in [1.165, 1.54) is 11.1 Å². The summed E-state index contributed by atoms with van der Waals surface area (Å²) in [5, 5.41) is 20.2. The maximum absolute atomic E-state index is 7.25. The molecule has 0 unspecified atom stereocenters. The van der Waals surface area contributed by atoms with Gasteiger partial charge in [0.05, 0.1) is 0 Å². The smallest absolute Gasteiger partial charge is 0.185 e. The Morgan fingerprint density at radius 2 is 1.17 bits per heavy atom. The standard InChI is InChI=1S/C23H27N7/c24-22(25)29-9-7-16-3-1-5-18(11-16)20-13-21(15-28-14-20)19-6-2-4-17(12-19)8-10-30-23(26)27/h1-6,11-15H,7-10H2,(H4,24,25,29)(H4,26,27,30). The summed E-state index contributed by atoms with van der Waals surface area (Å²) in [6.45, 7) is 1.25. The zero-order valence-corrected chi connectivity index (χ0v) is 16.8. The minimum Gasteiger partial charge on any atom is -0.370 e. The molecule has 3 rings (SSSR count). The Morgan fingerprint density at radius 3 is 1.60 bits per heavy atom. The quantitative estimate of drug-likeness (QED) is 0.254. The molecule has 0 radical (unpaired) electrons. The van der Waals surface area contributed by atoms with E-state index >= 15 is 0 Å². The monoisotopic (exact) mass is 401 g/mol. The van der Waals surface area contributed by atoms with Crippen molar-refractivity contribution in [1.82, 2.24) is 15.6 Å². The lowest BCUT2D eigenvalue weighted by Gasteiger charge is -2.10. The molecule has 7 heteroatoms. The predicted octanol–water partition coefficient (Wildman–Crippen LogP) is 2.47. The molecule has 0 saturated carbocycles. The van der Waals surface area contributed by atoms with Crippen molar-refractivity contribution in [2.45, 2.75) is 12.8 Å². The van der Waals surface area contributed by atoms with Crippen molar-refractivity contribution < 1.29 is 0 Å². The molecule has 154 valence electrons. The summed E-state index contributed by atoms with van der Waals surface area (Å²) in [4.78, 5) is 4.45. The minimum atomic E-state index is -0.0117. The highest BCUT2D eigenvalue weighted by Gasteiger charge is 2.05. The van der Waals surface area contributed by atoms with E-state index in [1.807, 2.05) is 24.5 Å². The highest BCUT2D eigenvalue weighted by atomic mass is 15.0. The van der Waals surface area contributed by atoms with Gasteiger partial charge in [0, 0.05) is 36.6 Å². The van der Waals surface area contributed by atoms with Gasteiger partial charge in [0.1, 0.15) is 0 Å². The molecule has 0 aliphatic heterocycles. The molecule has 0 aliphatic rings. The highest BCUT2D eigenvalue weighted by Crippen LogP contribution is 2.26. The van der Waals surface area contributed by atoms with Crippen LogP contribution in [0.5, 0.6) is 0 Å². The molecule has 0 atom stereocenters. The van der Waals surface area contributed by atoms with Crippen LogP contribution in [-0.2, 0) is 12.8 Å². The first kappa shape index (κ1) is 20.9. The molecule has 1 aromatic heterocycles. The molecule has 0 bridgehead atoms. The van der Waals surface area contributed by atoms with Crippen LogP contribution in [0.4, 0.5) is 0 Å². The number of nitrogens with one attached hydrogen (secondary N) is 4. The molecule has 0 saturated heterocycles. The van der Waals surface area contributed by atoms with Crippen molar-refractivity contribution >= 4 is 11.9 Å². The van der Waals surface area contributed by atoms with Crippen molar-refractivity contribution in [1.29, 1.82) is 10.8 Å². The van der Waals surface area contributed by atoms with Crippen molar-refractivity contribution in [3.05, 3.63) is 78.1 Å². The molecular weight excluding hydrogens is 374 g/mol. The SMILES string of the molecule is N=C(N)NCCc1cccc(-c2cncc(-c3cccc(CCNC(=N)N)c3)c2)c1. The van der Waals surface area contributed by atoms with Gasteiger partial charge in [-0.3, -0.25) is 15.8 Å². The lowest BCUT2D eigenvalue weighted by Crippen LogP contribution is -2.31. The molecule has 1 heterocycles. The average Bonchev–Trinajstić information content (AvgIpc) is 2.74. The van der Waals surface area contributed by atoms with Crippen LogP contribution in [-0.4, -0.2) is 30.0 Å². The molecule has 8 N–H and O–H groups in total. The Labute approximate surface area is 176 Å². The van der Waals surface area contributed by atoms with Crippen LogP contribution in [0.25, 0.3) is 22.3 Å². The van der Waals surface area contributed by atoms with Crippen LogP contribution in [0.15, 0.2) is 67.0 Å². The van der Waals surface area contributed by atoms with Crippen molar-refractivity contribution in [3.63, 3.8) is 0 Å². The van der Waals surface area contributed by atoms with Gasteiger partial charge in [-0.2, -0.15) is 0 Å². The van der Waals surface area contributed by atoms with Gasteiger partial charge in [0.15, 0.2) is 11.9 Å². The van der Waals surface area contributed by atoms with Gasteiger partial charge in [-0.15, -0.1) is 0 Å². The highest BCUT2D eigenvalue weighted by molar-refractivity contribution is 5.75. The third kappa shape index (κ3) is 6.07. The maximum Gasteiger partial charge on any atom is 0.185 e. The van der Waals surface area contributed by atoms with E-state index in [4.69, 9.17) is 22.3 Å². The summed E-state index contributed by atoms with van der Waals surface area (Å²) < 4.78 is 0. The van der Waals surface area contributed by atoms with Gasteiger partial charge in [-0.25, -0.2) is 0 Å². The number of benzene rings is 2. The van der Waals surface area contributed by atoms with Crippen LogP contribution in [0.1, 0.15) is 11.1 Å². The maximum atomic E-state index is 7.25. The minimum absolute atomic E-state index is 0.0117. The van der Waals surface area contributed by atoms with E-state index in [2.05, 4.69) is 58.1 Å². The lowest BCUT2D eigenvalue weighted by molar-refractivity contribution is 0.854. The fourth-order valence-corrected chi connectivity index (χ4v) is 3.25. The normalized spacial score (nSPS) is 10.4. The van der Waals surface area contributed by atoms with Crippen LogP contribution < -0.4 is 22.1 Å². The third-order valence-corrected chi connectivity index (χ3v) is 4.72. The first-order valence-electron chi connectivity index (χ1n) is 9.81. The van der Waals surface area contributed by atoms with Gasteiger partial charge < -0.3 is 22.1 Å². The van der Waals surface area contributed by atoms with E-state index < -0.39 is 0 Å². The molecule has 0 amide bonds. The van der Waals surface area contributed by atoms with Crippen molar-refractivity contribution in [2.75, 3.05) is 13.1 Å². The van der Waals surface area contributed by atoms with Gasteiger partial charge in [-0.05, 0) is 41.2 Å². The van der Waals surface area contributed by atoms with E-state index in [1.54, 1.807) is 0 Å². The molecule has 3 aromatic rings. The average molecular weight is 402 g/mol. The Kier molecular flexibility index (Phi) is 7.00. The summed E-state index contributed by atoms with van der Waals surface area (Å²) in [5.41, 5.74) is 17.3. The number of aromatic nitrogens is 1. The van der Waals surface area contributed by atoms with E-state index in [0.29, 0.717) is 13.1 Å². The summed E-state index contributed by atoms with van der Waals surface area (Å²) in [6.07, 6.45) is 5.32. The Morgan fingerprint density at radius 1 is 0.700 bits per heavy atom. The second-order valence-corrected chi connectivity index (χ2v) is 7.04. The number of rotatable bonds is 8. The molecule has 7 nitrogen and oxygen atoms in total. The number of nitrogens with zero attached hydrogens (tertiary/aromatic N) is 1. The number of hydrogen-bond acceptors (Lipinski definition) is 3. The molecule has 2 aromatic carbocycles. The van der Waals surface area contributed by atoms with Gasteiger partial charge in [0.2, 0.25) is 0 Å². The fourth-order valence-electron chi connectivity index (χ4n) is 3.25. The number of guanidine groups is 2. The fraction of sp³-hybridized carbons (Fsp3) is 0.174. The van der Waals surface area contributed by atoms with Crippen LogP contribution in [0.3, 0.4) is 0 Å². The first-order valence-corrected chi connectivity index (χ1v) is 9.81. The first-order chi connectivity index (χ1) is 14.5. The zero-order chi connectivity index (χ0) is 21.3. The van der Waals surface area contributed by atoms with Crippen molar-refractivity contribution in [3.8, 4) is 22.3 Å². The zero-order valence-electron chi connectivity index (χ0n) is 16.8. The van der Waals surface area contributed by atoms with Gasteiger partial charge in [0.25, 0.3) is 0 Å². The molecule has 0 spiro atoms. The lowest BCUT2D eigenvalue weighted by atomic mass is 9.98. The van der Waals surface area contributed by atoms with Gasteiger partial charge >= 0.3 is 0 Å². The molecule has 0 fully saturated rings. The largest absolute Gasteiger partial charge is 0.370 e. The number of nitrogens with two attached hydrogens (primary N) is 2. The third-order valence-electron chi connectivity index (χ3n) is 4.72. The van der Waals surface area contributed by atoms with Crippen LogP contribution >= 0.6 is 0 Å². The van der Waals surface area contributed by atoms with Crippen LogP contribution in [0.2, 0.25) is 0 Å². The van der Waals surface area contributed by atoms with Gasteiger partial charge in [-0.1, -0.05) is 48.5 Å². The second kappa shape index (κ2) is 10.1. The van der Waals surface area contributed by atoms with Crippen molar-refractivity contribution in [2.24, 2.45) is 11.5 Å². The molecule has 0 aliphatic carbocycles.